The Morgan fingerprint density at radius 2 is 1.93 bits per heavy atom. The number of hydrogen-bond acceptors (Lipinski definition) is 2. The van der Waals surface area contributed by atoms with Crippen LogP contribution in [0.2, 0.25) is 0 Å². The van der Waals surface area contributed by atoms with E-state index >= 15 is 0 Å². The van der Waals surface area contributed by atoms with E-state index in [0.29, 0.717) is 12.5 Å². The van der Waals surface area contributed by atoms with Gasteiger partial charge in [0, 0.05) is 18.5 Å². The highest BCUT2D eigenvalue weighted by molar-refractivity contribution is 5.74. The first kappa shape index (κ1) is 12.5. The van der Waals surface area contributed by atoms with Gasteiger partial charge in [-0.2, -0.15) is 0 Å². The number of primary amides is 1. The van der Waals surface area contributed by atoms with Crippen LogP contribution >= 0.6 is 0 Å². The molecule has 3 heteroatoms. The first-order valence-electron chi connectivity index (χ1n) is 6.14. The minimum absolute atomic E-state index is 0.208. The van der Waals surface area contributed by atoms with Gasteiger partial charge in [-0.05, 0) is 32.6 Å². The maximum Gasteiger partial charge on any atom is 0.218 e. The fraction of sp³-hybridized carbons (Fsp3) is 0.917. The summed E-state index contributed by atoms with van der Waals surface area (Å²) in [7, 11) is 0. The van der Waals surface area contributed by atoms with Gasteiger partial charge >= 0.3 is 0 Å². The molecule has 0 spiro atoms. The molecule has 0 radical (unpaired) electrons. The summed E-state index contributed by atoms with van der Waals surface area (Å²) in [6, 6.07) is 0.721. The number of amides is 1. The summed E-state index contributed by atoms with van der Waals surface area (Å²) < 4.78 is 0. The van der Waals surface area contributed by atoms with Crippen molar-refractivity contribution in [2.45, 2.75) is 64.5 Å². The van der Waals surface area contributed by atoms with Gasteiger partial charge in [0.15, 0.2) is 0 Å². The molecule has 1 aliphatic rings. The lowest BCUT2D eigenvalue weighted by molar-refractivity contribution is -0.118. The molecule has 2 unspecified atom stereocenters. The average molecular weight is 212 g/mol. The molecule has 2 atom stereocenters. The van der Waals surface area contributed by atoms with Crippen LogP contribution in [0.3, 0.4) is 0 Å². The van der Waals surface area contributed by atoms with Crippen LogP contribution in [0.1, 0.15) is 52.4 Å². The molecule has 0 bridgehead atoms. The van der Waals surface area contributed by atoms with Gasteiger partial charge in [-0.15, -0.1) is 0 Å². The van der Waals surface area contributed by atoms with E-state index in [2.05, 4.69) is 12.2 Å². The standard InChI is InChI=1S/C12H24N2O/c1-9(8-12(13)15)14-10(2)11-6-4-3-5-7-11/h9-11,14H,3-8H2,1-2H3,(H2,13,15). The molecule has 3 N–H and O–H groups in total. The monoisotopic (exact) mass is 212 g/mol. The molecule has 0 heterocycles. The van der Waals surface area contributed by atoms with Crippen molar-refractivity contribution in [2.75, 3.05) is 0 Å². The lowest BCUT2D eigenvalue weighted by atomic mass is 9.84. The third-order valence-corrected chi connectivity index (χ3v) is 3.41. The van der Waals surface area contributed by atoms with Crippen molar-refractivity contribution in [1.29, 1.82) is 0 Å². The van der Waals surface area contributed by atoms with Crippen LogP contribution in [0.5, 0.6) is 0 Å². The van der Waals surface area contributed by atoms with Crippen LogP contribution in [-0.4, -0.2) is 18.0 Å². The number of carbonyl (C=O) groups is 1. The number of carbonyl (C=O) groups excluding carboxylic acids is 1. The zero-order valence-electron chi connectivity index (χ0n) is 9.96. The Balaban J connectivity index is 2.26. The Morgan fingerprint density at radius 3 is 2.47 bits per heavy atom. The first-order chi connectivity index (χ1) is 7.09. The quantitative estimate of drug-likeness (QED) is 0.730. The topological polar surface area (TPSA) is 55.1 Å². The van der Waals surface area contributed by atoms with Crippen molar-refractivity contribution in [3.05, 3.63) is 0 Å². The Morgan fingerprint density at radius 1 is 1.33 bits per heavy atom. The number of rotatable bonds is 5. The summed E-state index contributed by atoms with van der Waals surface area (Å²) in [5.74, 6) is 0.569. The normalized spacial score (nSPS) is 22.3. The smallest absolute Gasteiger partial charge is 0.218 e. The molecule has 15 heavy (non-hydrogen) atoms. The van der Waals surface area contributed by atoms with Crippen molar-refractivity contribution >= 4 is 5.91 Å². The summed E-state index contributed by atoms with van der Waals surface area (Å²) in [6.07, 6.45) is 7.22. The van der Waals surface area contributed by atoms with Crippen molar-refractivity contribution in [3.63, 3.8) is 0 Å². The molecule has 0 saturated heterocycles. The van der Waals surface area contributed by atoms with Gasteiger partial charge in [-0.1, -0.05) is 19.3 Å². The molecule has 3 nitrogen and oxygen atoms in total. The van der Waals surface area contributed by atoms with Crippen LogP contribution in [-0.2, 0) is 4.79 Å². The van der Waals surface area contributed by atoms with E-state index in [1.165, 1.54) is 32.1 Å². The maximum absolute atomic E-state index is 10.7. The predicted molar refractivity (Wildman–Crippen MR) is 62.4 cm³/mol. The third kappa shape index (κ3) is 4.65. The van der Waals surface area contributed by atoms with Crippen LogP contribution < -0.4 is 11.1 Å². The molecule has 88 valence electrons. The Kier molecular flexibility index (Phi) is 5.09. The van der Waals surface area contributed by atoms with E-state index in [9.17, 15) is 4.79 Å². The van der Waals surface area contributed by atoms with Crippen molar-refractivity contribution in [1.82, 2.24) is 5.32 Å². The summed E-state index contributed by atoms with van der Waals surface area (Å²) in [5, 5.41) is 3.48. The number of nitrogens with one attached hydrogen (secondary N) is 1. The minimum atomic E-state index is -0.217. The van der Waals surface area contributed by atoms with E-state index in [1.54, 1.807) is 0 Å². The lowest BCUT2D eigenvalue weighted by Crippen LogP contribution is -2.41. The van der Waals surface area contributed by atoms with Gasteiger partial charge < -0.3 is 11.1 Å². The van der Waals surface area contributed by atoms with E-state index in [-0.39, 0.29) is 11.9 Å². The summed E-state index contributed by atoms with van der Waals surface area (Å²) in [5.41, 5.74) is 5.17. The van der Waals surface area contributed by atoms with Gasteiger partial charge in [-0.3, -0.25) is 4.79 Å². The molecule has 1 saturated carbocycles. The number of hydrogen-bond donors (Lipinski definition) is 2. The second kappa shape index (κ2) is 6.11. The fourth-order valence-corrected chi connectivity index (χ4v) is 2.58. The lowest BCUT2D eigenvalue weighted by Gasteiger charge is -2.30. The minimum Gasteiger partial charge on any atom is -0.370 e. The number of nitrogens with two attached hydrogens (primary N) is 1. The molecule has 0 aliphatic heterocycles. The summed E-state index contributed by atoms with van der Waals surface area (Å²) in [4.78, 5) is 10.7. The van der Waals surface area contributed by atoms with Crippen LogP contribution in [0.4, 0.5) is 0 Å². The van der Waals surface area contributed by atoms with Crippen LogP contribution in [0.15, 0.2) is 0 Å². The van der Waals surface area contributed by atoms with Gasteiger partial charge in [0.2, 0.25) is 5.91 Å². The molecule has 1 aliphatic carbocycles. The summed E-state index contributed by atoms with van der Waals surface area (Å²) >= 11 is 0. The predicted octanol–water partition coefficient (Wildman–Crippen LogP) is 1.81. The Bertz CT molecular complexity index is 200. The zero-order valence-corrected chi connectivity index (χ0v) is 9.96. The second-order valence-electron chi connectivity index (χ2n) is 4.92. The molecular weight excluding hydrogens is 188 g/mol. The van der Waals surface area contributed by atoms with Crippen LogP contribution in [0, 0.1) is 5.92 Å². The van der Waals surface area contributed by atoms with E-state index in [4.69, 9.17) is 5.73 Å². The SMILES string of the molecule is CC(CC(N)=O)NC(C)C1CCCCC1. The maximum atomic E-state index is 10.7. The van der Waals surface area contributed by atoms with Gasteiger partial charge in [0.05, 0.1) is 0 Å². The van der Waals surface area contributed by atoms with Crippen molar-refractivity contribution < 1.29 is 4.79 Å². The van der Waals surface area contributed by atoms with Crippen molar-refractivity contribution in [2.24, 2.45) is 11.7 Å². The molecule has 0 aromatic heterocycles. The Hall–Kier alpha value is -0.570. The fourth-order valence-electron chi connectivity index (χ4n) is 2.58. The van der Waals surface area contributed by atoms with E-state index in [1.807, 2.05) is 6.92 Å². The van der Waals surface area contributed by atoms with Crippen LogP contribution in [0.25, 0.3) is 0 Å². The highest BCUT2D eigenvalue weighted by Gasteiger charge is 2.21. The molecule has 1 rings (SSSR count). The zero-order chi connectivity index (χ0) is 11.3. The largest absolute Gasteiger partial charge is 0.370 e. The molecular formula is C12H24N2O. The van der Waals surface area contributed by atoms with Gasteiger partial charge in [0.1, 0.15) is 0 Å². The first-order valence-corrected chi connectivity index (χ1v) is 6.14. The Labute approximate surface area is 92.8 Å². The molecule has 1 fully saturated rings. The third-order valence-electron chi connectivity index (χ3n) is 3.41. The highest BCUT2D eigenvalue weighted by atomic mass is 16.1. The molecule has 1 amide bonds. The van der Waals surface area contributed by atoms with Gasteiger partial charge in [-0.25, -0.2) is 0 Å². The van der Waals surface area contributed by atoms with Gasteiger partial charge in [0.25, 0.3) is 0 Å². The van der Waals surface area contributed by atoms with E-state index in [0.717, 1.165) is 5.92 Å². The summed E-state index contributed by atoms with van der Waals surface area (Å²) in [6.45, 7) is 4.26. The van der Waals surface area contributed by atoms with E-state index < -0.39 is 0 Å². The molecule has 0 aromatic carbocycles. The van der Waals surface area contributed by atoms with Crippen molar-refractivity contribution in [3.8, 4) is 0 Å². The highest BCUT2D eigenvalue weighted by Crippen LogP contribution is 2.26. The average Bonchev–Trinajstić information content (AvgIpc) is 2.17. The molecule has 0 aromatic rings. The second-order valence-corrected chi connectivity index (χ2v) is 4.92.